The lowest BCUT2D eigenvalue weighted by Crippen LogP contribution is -2.21. The average Bonchev–Trinajstić information content (AvgIpc) is 2.38. The van der Waals surface area contributed by atoms with Gasteiger partial charge in [0, 0.05) is 6.54 Å². The Labute approximate surface area is 116 Å². The molecule has 0 aliphatic heterocycles. The van der Waals surface area contributed by atoms with E-state index in [2.05, 4.69) is 32.2 Å². The first-order valence-electron chi connectivity index (χ1n) is 6.66. The van der Waals surface area contributed by atoms with E-state index in [9.17, 15) is 0 Å². The number of methoxy groups -OCH3 is 2. The van der Waals surface area contributed by atoms with E-state index in [-0.39, 0.29) is 0 Å². The molecule has 0 fully saturated rings. The highest BCUT2D eigenvalue weighted by Crippen LogP contribution is 2.28. The monoisotopic (exact) mass is 263 g/mol. The summed E-state index contributed by atoms with van der Waals surface area (Å²) >= 11 is 0. The van der Waals surface area contributed by atoms with Gasteiger partial charge in [-0.1, -0.05) is 31.6 Å². The Morgan fingerprint density at radius 3 is 2.47 bits per heavy atom. The van der Waals surface area contributed by atoms with Crippen molar-refractivity contribution in [2.75, 3.05) is 27.3 Å². The molecule has 0 aromatic heterocycles. The zero-order chi connectivity index (χ0) is 14.3. The van der Waals surface area contributed by atoms with Crippen molar-refractivity contribution in [3.63, 3.8) is 0 Å². The molecule has 1 aromatic rings. The summed E-state index contributed by atoms with van der Waals surface area (Å²) in [6.07, 6.45) is 2.16. The minimum atomic E-state index is 0.675. The molecule has 0 aliphatic carbocycles. The highest BCUT2D eigenvalue weighted by Gasteiger charge is 2.03. The van der Waals surface area contributed by atoms with Crippen LogP contribution in [0.3, 0.4) is 0 Å². The third-order valence-corrected chi connectivity index (χ3v) is 2.78. The van der Waals surface area contributed by atoms with Crippen molar-refractivity contribution in [3.8, 4) is 11.5 Å². The lowest BCUT2D eigenvalue weighted by molar-refractivity contribution is 0.355. The Kier molecular flexibility index (Phi) is 6.43. The van der Waals surface area contributed by atoms with Crippen LogP contribution in [0, 0.1) is 5.92 Å². The summed E-state index contributed by atoms with van der Waals surface area (Å²) < 4.78 is 10.5. The minimum absolute atomic E-state index is 0.675. The van der Waals surface area contributed by atoms with Crippen molar-refractivity contribution in [2.24, 2.45) is 5.92 Å². The zero-order valence-electron chi connectivity index (χ0n) is 12.6. The van der Waals surface area contributed by atoms with Crippen LogP contribution in [0.15, 0.2) is 23.8 Å². The lowest BCUT2D eigenvalue weighted by atomic mass is 10.1. The molecule has 19 heavy (non-hydrogen) atoms. The highest BCUT2D eigenvalue weighted by atomic mass is 16.5. The summed E-state index contributed by atoms with van der Waals surface area (Å²) in [5.41, 5.74) is 2.43. The summed E-state index contributed by atoms with van der Waals surface area (Å²) in [6, 6.07) is 5.96. The Balaban J connectivity index is 2.69. The van der Waals surface area contributed by atoms with Gasteiger partial charge in [0.2, 0.25) is 0 Å². The number of benzene rings is 1. The van der Waals surface area contributed by atoms with Crippen LogP contribution < -0.4 is 14.8 Å². The van der Waals surface area contributed by atoms with Gasteiger partial charge in [0.15, 0.2) is 11.5 Å². The fourth-order valence-electron chi connectivity index (χ4n) is 1.84. The first-order chi connectivity index (χ1) is 9.06. The number of rotatable bonds is 7. The standard InChI is InChI=1S/C16H25NO2/c1-12(2)10-17-11-13(3)8-14-6-7-15(18-4)16(9-14)19-5/h6-9,12,17H,10-11H2,1-5H3. The quantitative estimate of drug-likeness (QED) is 0.818. The fourth-order valence-corrected chi connectivity index (χ4v) is 1.84. The van der Waals surface area contributed by atoms with Crippen molar-refractivity contribution in [1.29, 1.82) is 0 Å². The number of hydrogen-bond acceptors (Lipinski definition) is 3. The molecule has 1 aromatic carbocycles. The van der Waals surface area contributed by atoms with Crippen LogP contribution >= 0.6 is 0 Å². The predicted octanol–water partition coefficient (Wildman–Crippen LogP) is 3.35. The van der Waals surface area contributed by atoms with E-state index in [1.54, 1.807) is 14.2 Å². The second kappa shape index (κ2) is 7.85. The first-order valence-corrected chi connectivity index (χ1v) is 6.66. The summed E-state index contributed by atoms with van der Waals surface area (Å²) in [5, 5.41) is 3.43. The highest BCUT2D eigenvalue weighted by molar-refractivity contribution is 5.58. The van der Waals surface area contributed by atoms with E-state index < -0.39 is 0 Å². The van der Waals surface area contributed by atoms with Crippen LogP contribution in [-0.2, 0) is 0 Å². The van der Waals surface area contributed by atoms with Crippen molar-refractivity contribution >= 4 is 6.08 Å². The summed E-state index contributed by atoms with van der Waals surface area (Å²) in [5.74, 6) is 2.20. The van der Waals surface area contributed by atoms with Gasteiger partial charge in [0.05, 0.1) is 14.2 Å². The lowest BCUT2D eigenvalue weighted by Gasteiger charge is -2.09. The Morgan fingerprint density at radius 1 is 1.21 bits per heavy atom. The van der Waals surface area contributed by atoms with Gasteiger partial charge < -0.3 is 14.8 Å². The second-order valence-corrected chi connectivity index (χ2v) is 5.13. The third kappa shape index (κ3) is 5.35. The van der Waals surface area contributed by atoms with Gasteiger partial charge in [-0.15, -0.1) is 0 Å². The van der Waals surface area contributed by atoms with Crippen molar-refractivity contribution in [1.82, 2.24) is 5.32 Å². The first kappa shape index (κ1) is 15.6. The number of nitrogens with one attached hydrogen (secondary N) is 1. The summed E-state index contributed by atoms with van der Waals surface area (Å²) in [4.78, 5) is 0. The Morgan fingerprint density at radius 2 is 1.89 bits per heavy atom. The second-order valence-electron chi connectivity index (χ2n) is 5.13. The molecule has 3 heteroatoms. The van der Waals surface area contributed by atoms with Crippen molar-refractivity contribution in [2.45, 2.75) is 20.8 Å². The third-order valence-electron chi connectivity index (χ3n) is 2.78. The molecule has 0 amide bonds. The molecule has 0 heterocycles. The van der Waals surface area contributed by atoms with Gasteiger partial charge in [-0.3, -0.25) is 0 Å². The van der Waals surface area contributed by atoms with Crippen LogP contribution in [0.2, 0.25) is 0 Å². The largest absolute Gasteiger partial charge is 0.493 e. The summed E-state index contributed by atoms with van der Waals surface area (Å²) in [6.45, 7) is 8.49. The van der Waals surface area contributed by atoms with E-state index in [4.69, 9.17) is 9.47 Å². The molecule has 0 atom stereocenters. The molecular weight excluding hydrogens is 238 g/mol. The molecule has 1 N–H and O–H groups in total. The molecule has 0 saturated heterocycles. The normalized spacial score (nSPS) is 11.8. The SMILES string of the molecule is COc1ccc(C=C(C)CNCC(C)C)cc1OC. The van der Waals surface area contributed by atoms with E-state index in [0.717, 1.165) is 30.2 Å². The topological polar surface area (TPSA) is 30.5 Å². The molecule has 3 nitrogen and oxygen atoms in total. The fraction of sp³-hybridized carbons (Fsp3) is 0.500. The smallest absolute Gasteiger partial charge is 0.161 e. The van der Waals surface area contributed by atoms with Crippen molar-refractivity contribution < 1.29 is 9.47 Å². The van der Waals surface area contributed by atoms with E-state index >= 15 is 0 Å². The van der Waals surface area contributed by atoms with Crippen LogP contribution in [-0.4, -0.2) is 27.3 Å². The minimum Gasteiger partial charge on any atom is -0.493 e. The van der Waals surface area contributed by atoms with E-state index in [0.29, 0.717) is 5.92 Å². The molecule has 0 aliphatic rings. The van der Waals surface area contributed by atoms with Crippen LogP contribution in [0.5, 0.6) is 11.5 Å². The molecule has 1 rings (SSSR count). The zero-order valence-corrected chi connectivity index (χ0v) is 12.6. The number of hydrogen-bond donors (Lipinski definition) is 1. The van der Waals surface area contributed by atoms with Gasteiger partial charge >= 0.3 is 0 Å². The van der Waals surface area contributed by atoms with Gasteiger partial charge in [-0.2, -0.15) is 0 Å². The predicted molar refractivity (Wildman–Crippen MR) is 80.9 cm³/mol. The maximum atomic E-state index is 5.30. The van der Waals surface area contributed by atoms with Gasteiger partial charge in [0.1, 0.15) is 0 Å². The Hall–Kier alpha value is -1.48. The maximum absolute atomic E-state index is 5.30. The molecule has 106 valence electrons. The van der Waals surface area contributed by atoms with Gasteiger partial charge in [-0.25, -0.2) is 0 Å². The average molecular weight is 263 g/mol. The molecular formula is C16H25NO2. The van der Waals surface area contributed by atoms with Crippen LogP contribution in [0.25, 0.3) is 6.08 Å². The number of ether oxygens (including phenoxy) is 2. The summed E-state index contributed by atoms with van der Waals surface area (Å²) in [7, 11) is 3.30. The molecule has 0 saturated carbocycles. The molecule has 0 unspecified atom stereocenters. The van der Waals surface area contributed by atoms with Crippen LogP contribution in [0.4, 0.5) is 0 Å². The van der Waals surface area contributed by atoms with Gasteiger partial charge in [0.25, 0.3) is 0 Å². The molecule has 0 bridgehead atoms. The molecule has 0 radical (unpaired) electrons. The Bertz CT molecular complexity index is 425. The van der Waals surface area contributed by atoms with Gasteiger partial charge in [-0.05, 0) is 37.1 Å². The van der Waals surface area contributed by atoms with Crippen molar-refractivity contribution in [3.05, 3.63) is 29.3 Å². The van der Waals surface area contributed by atoms with Crippen LogP contribution in [0.1, 0.15) is 26.3 Å². The molecule has 0 spiro atoms. The maximum Gasteiger partial charge on any atom is 0.161 e. The van der Waals surface area contributed by atoms with E-state index in [1.807, 2.05) is 18.2 Å². The van der Waals surface area contributed by atoms with E-state index in [1.165, 1.54) is 5.57 Å².